The third kappa shape index (κ3) is 1.67. The normalized spacial score (nSPS) is 10.1. The van der Waals surface area contributed by atoms with Crippen LogP contribution in [0, 0.1) is 0 Å². The van der Waals surface area contributed by atoms with Gasteiger partial charge in [-0.25, -0.2) is 9.48 Å². The summed E-state index contributed by atoms with van der Waals surface area (Å²) in [6.45, 7) is 0. The van der Waals surface area contributed by atoms with Crippen molar-refractivity contribution < 1.29 is 15.0 Å². The molecule has 0 fully saturated rings. The van der Waals surface area contributed by atoms with Crippen molar-refractivity contribution in [2.24, 2.45) is 0 Å². The molecule has 2 rings (SSSR count). The van der Waals surface area contributed by atoms with E-state index in [0.717, 1.165) is 0 Å². The Hall–Kier alpha value is -2.30. The van der Waals surface area contributed by atoms with E-state index in [9.17, 15) is 4.79 Å². The van der Waals surface area contributed by atoms with Crippen LogP contribution in [-0.4, -0.2) is 26.0 Å². The van der Waals surface area contributed by atoms with Crippen LogP contribution < -0.4 is 0 Å². The third-order valence-corrected chi connectivity index (χ3v) is 1.96. The molecule has 5 nitrogen and oxygen atoms in total. The van der Waals surface area contributed by atoms with E-state index in [0.29, 0.717) is 5.69 Å². The largest absolute Gasteiger partial charge is 0.508 e. The first kappa shape index (κ1) is 9.26. The van der Waals surface area contributed by atoms with Gasteiger partial charge in [0.05, 0.1) is 11.9 Å². The molecule has 1 aromatic carbocycles. The Morgan fingerprint density at radius 3 is 2.47 bits per heavy atom. The number of rotatable bonds is 2. The summed E-state index contributed by atoms with van der Waals surface area (Å²) in [6.07, 6.45) is 1.41. The zero-order valence-electron chi connectivity index (χ0n) is 7.66. The summed E-state index contributed by atoms with van der Waals surface area (Å²) >= 11 is 0. The van der Waals surface area contributed by atoms with Crippen molar-refractivity contribution in [3.05, 3.63) is 42.2 Å². The fourth-order valence-corrected chi connectivity index (χ4v) is 1.26. The first-order valence-electron chi connectivity index (χ1n) is 4.25. The van der Waals surface area contributed by atoms with Gasteiger partial charge >= 0.3 is 5.97 Å². The molecule has 5 heteroatoms. The van der Waals surface area contributed by atoms with Crippen molar-refractivity contribution in [2.75, 3.05) is 0 Å². The Morgan fingerprint density at radius 2 is 1.87 bits per heavy atom. The Labute approximate surface area is 85.2 Å². The van der Waals surface area contributed by atoms with E-state index in [1.165, 1.54) is 29.1 Å². The molecule has 0 saturated heterocycles. The number of aromatic hydroxyl groups is 1. The van der Waals surface area contributed by atoms with Crippen molar-refractivity contribution in [1.82, 2.24) is 9.78 Å². The van der Waals surface area contributed by atoms with Gasteiger partial charge < -0.3 is 10.2 Å². The second-order valence-electron chi connectivity index (χ2n) is 2.95. The van der Waals surface area contributed by atoms with Gasteiger partial charge in [-0.2, -0.15) is 5.10 Å². The molecule has 1 aromatic heterocycles. The maximum absolute atomic E-state index is 10.8. The predicted octanol–water partition coefficient (Wildman–Crippen LogP) is 1.28. The van der Waals surface area contributed by atoms with Gasteiger partial charge in [0.15, 0.2) is 5.69 Å². The summed E-state index contributed by atoms with van der Waals surface area (Å²) in [5, 5.41) is 21.8. The molecular formula is C10H8N2O3. The standard InChI is InChI=1S/C10H8N2O3/c13-8-3-1-7(2-4-8)12-9(10(14)15)5-6-11-12/h1-6,13H,(H,14,15). The summed E-state index contributed by atoms with van der Waals surface area (Å²) in [6, 6.07) is 7.55. The van der Waals surface area contributed by atoms with Crippen molar-refractivity contribution in [1.29, 1.82) is 0 Å². The maximum Gasteiger partial charge on any atom is 0.354 e. The Bertz CT molecular complexity index is 488. The van der Waals surface area contributed by atoms with E-state index >= 15 is 0 Å². The minimum atomic E-state index is -1.04. The highest BCUT2D eigenvalue weighted by atomic mass is 16.4. The number of hydrogen-bond acceptors (Lipinski definition) is 3. The van der Waals surface area contributed by atoms with Gasteiger partial charge in [-0.3, -0.25) is 0 Å². The third-order valence-electron chi connectivity index (χ3n) is 1.96. The number of benzene rings is 1. The lowest BCUT2D eigenvalue weighted by Gasteiger charge is -2.03. The van der Waals surface area contributed by atoms with Gasteiger partial charge in [0.25, 0.3) is 0 Å². The van der Waals surface area contributed by atoms with Crippen LogP contribution >= 0.6 is 0 Å². The lowest BCUT2D eigenvalue weighted by Crippen LogP contribution is -2.07. The summed E-state index contributed by atoms with van der Waals surface area (Å²) in [7, 11) is 0. The van der Waals surface area contributed by atoms with Crippen LogP contribution in [0.5, 0.6) is 5.75 Å². The average molecular weight is 204 g/mol. The van der Waals surface area contributed by atoms with E-state index in [2.05, 4.69) is 5.10 Å². The predicted molar refractivity (Wildman–Crippen MR) is 52.2 cm³/mol. The highest BCUT2D eigenvalue weighted by Crippen LogP contribution is 2.14. The molecule has 0 amide bonds. The minimum Gasteiger partial charge on any atom is -0.508 e. The quantitative estimate of drug-likeness (QED) is 0.772. The van der Waals surface area contributed by atoms with Crippen LogP contribution in [0.1, 0.15) is 10.5 Å². The minimum absolute atomic E-state index is 0.0840. The van der Waals surface area contributed by atoms with E-state index in [4.69, 9.17) is 10.2 Å². The molecule has 0 unspecified atom stereocenters. The van der Waals surface area contributed by atoms with Crippen LogP contribution in [0.25, 0.3) is 5.69 Å². The van der Waals surface area contributed by atoms with Crippen LogP contribution in [-0.2, 0) is 0 Å². The molecule has 76 valence electrons. The van der Waals surface area contributed by atoms with Crippen LogP contribution in [0.3, 0.4) is 0 Å². The number of carboxylic acids is 1. The van der Waals surface area contributed by atoms with Gasteiger partial charge in [0.2, 0.25) is 0 Å². The number of phenolic OH excluding ortho intramolecular Hbond substituents is 1. The average Bonchev–Trinajstić information content (AvgIpc) is 2.67. The number of phenols is 1. The van der Waals surface area contributed by atoms with Crippen LogP contribution in [0.15, 0.2) is 36.5 Å². The fourth-order valence-electron chi connectivity index (χ4n) is 1.26. The number of carbonyl (C=O) groups is 1. The highest BCUT2D eigenvalue weighted by molar-refractivity contribution is 5.86. The second kappa shape index (κ2) is 3.45. The molecule has 0 bridgehead atoms. The van der Waals surface area contributed by atoms with Gasteiger partial charge in [0.1, 0.15) is 5.75 Å². The number of aromatic nitrogens is 2. The summed E-state index contributed by atoms with van der Waals surface area (Å²) in [5.74, 6) is -0.914. The molecule has 0 radical (unpaired) electrons. The second-order valence-corrected chi connectivity index (χ2v) is 2.95. The summed E-state index contributed by atoms with van der Waals surface area (Å²) in [5.41, 5.74) is 0.677. The van der Waals surface area contributed by atoms with Crippen LogP contribution in [0.4, 0.5) is 0 Å². The number of nitrogens with zero attached hydrogens (tertiary/aromatic N) is 2. The monoisotopic (exact) mass is 204 g/mol. The summed E-state index contributed by atoms with van der Waals surface area (Å²) < 4.78 is 1.29. The molecule has 2 N–H and O–H groups in total. The first-order valence-corrected chi connectivity index (χ1v) is 4.25. The molecule has 0 saturated carbocycles. The molecule has 2 aromatic rings. The van der Waals surface area contributed by atoms with E-state index in [1.54, 1.807) is 12.1 Å². The van der Waals surface area contributed by atoms with Crippen molar-refractivity contribution in [3.8, 4) is 11.4 Å². The summed E-state index contributed by atoms with van der Waals surface area (Å²) in [4.78, 5) is 10.8. The smallest absolute Gasteiger partial charge is 0.354 e. The molecule has 1 heterocycles. The highest BCUT2D eigenvalue weighted by Gasteiger charge is 2.10. The topological polar surface area (TPSA) is 75.3 Å². The van der Waals surface area contributed by atoms with Crippen LogP contribution in [0.2, 0.25) is 0 Å². The molecule has 15 heavy (non-hydrogen) atoms. The Balaban J connectivity index is 2.49. The SMILES string of the molecule is O=C(O)c1ccnn1-c1ccc(O)cc1. The van der Waals surface area contributed by atoms with E-state index < -0.39 is 5.97 Å². The Kier molecular flexibility index (Phi) is 2.13. The van der Waals surface area contributed by atoms with Gasteiger partial charge in [-0.05, 0) is 30.3 Å². The van der Waals surface area contributed by atoms with E-state index in [1.807, 2.05) is 0 Å². The van der Waals surface area contributed by atoms with Gasteiger partial charge in [0, 0.05) is 0 Å². The lowest BCUT2D eigenvalue weighted by atomic mass is 10.3. The molecule has 0 spiro atoms. The zero-order valence-corrected chi connectivity index (χ0v) is 7.66. The Morgan fingerprint density at radius 1 is 1.20 bits per heavy atom. The van der Waals surface area contributed by atoms with Gasteiger partial charge in [-0.1, -0.05) is 0 Å². The lowest BCUT2D eigenvalue weighted by molar-refractivity contribution is 0.0687. The molecule has 0 aliphatic heterocycles. The molecule has 0 aliphatic rings. The molecule has 0 aliphatic carbocycles. The van der Waals surface area contributed by atoms with Crippen molar-refractivity contribution in [3.63, 3.8) is 0 Å². The molecule has 0 atom stereocenters. The van der Waals surface area contributed by atoms with E-state index in [-0.39, 0.29) is 11.4 Å². The molecular weight excluding hydrogens is 196 g/mol. The van der Waals surface area contributed by atoms with Crippen molar-refractivity contribution in [2.45, 2.75) is 0 Å². The number of hydrogen-bond donors (Lipinski definition) is 2. The maximum atomic E-state index is 10.8. The number of carboxylic acid groups (broad SMARTS) is 1. The van der Waals surface area contributed by atoms with Crippen molar-refractivity contribution >= 4 is 5.97 Å². The fraction of sp³-hybridized carbons (Fsp3) is 0. The van der Waals surface area contributed by atoms with Gasteiger partial charge in [-0.15, -0.1) is 0 Å². The zero-order chi connectivity index (χ0) is 10.8. The number of aromatic carboxylic acids is 1. The first-order chi connectivity index (χ1) is 7.18.